The second-order valence-electron chi connectivity index (χ2n) is 5.06. The number of hydrogen-bond donors (Lipinski definition) is 2. The van der Waals surface area contributed by atoms with Crippen LogP contribution in [-0.4, -0.2) is 25.2 Å². The number of rotatable bonds is 7. The topological polar surface area (TPSA) is 60.4 Å². The summed E-state index contributed by atoms with van der Waals surface area (Å²) in [5.41, 5.74) is 5.96. The lowest BCUT2D eigenvalue weighted by molar-refractivity contribution is 0.103. The third kappa shape index (κ3) is 4.80. The number of furan rings is 1. The minimum Gasteiger partial charge on any atom is -0.467 e. The maximum atomic E-state index is 5.96. The molecule has 0 saturated heterocycles. The van der Waals surface area contributed by atoms with Gasteiger partial charge in [0.05, 0.1) is 6.26 Å². The molecule has 2 atom stereocenters. The van der Waals surface area contributed by atoms with Crippen molar-refractivity contribution in [2.45, 2.75) is 50.8 Å². The van der Waals surface area contributed by atoms with Crippen LogP contribution in [0.4, 0.5) is 0 Å². The molecule has 0 spiro atoms. The fraction of sp³-hybridized carbons (Fsp3) is 0.714. The van der Waals surface area contributed by atoms with Gasteiger partial charge >= 0.3 is 0 Å². The molecule has 0 aromatic carbocycles. The van der Waals surface area contributed by atoms with Gasteiger partial charge in [-0.1, -0.05) is 6.42 Å². The second-order valence-corrected chi connectivity index (χ2v) is 5.06. The van der Waals surface area contributed by atoms with Gasteiger partial charge in [-0.15, -0.1) is 0 Å². The van der Waals surface area contributed by atoms with E-state index >= 15 is 0 Å². The zero-order valence-corrected chi connectivity index (χ0v) is 10.9. The summed E-state index contributed by atoms with van der Waals surface area (Å²) in [6.45, 7) is 2.35. The molecule has 1 aromatic rings. The average molecular weight is 252 g/mol. The molecule has 1 saturated carbocycles. The highest BCUT2D eigenvalue weighted by Gasteiger charge is 2.17. The molecular formula is C14H24N2O2. The third-order valence-corrected chi connectivity index (χ3v) is 3.44. The maximum absolute atomic E-state index is 5.96. The van der Waals surface area contributed by atoms with Crippen LogP contribution in [0.3, 0.4) is 0 Å². The zero-order valence-electron chi connectivity index (χ0n) is 10.9. The predicted molar refractivity (Wildman–Crippen MR) is 71.2 cm³/mol. The molecule has 0 aliphatic heterocycles. The van der Waals surface area contributed by atoms with Crippen LogP contribution in [0.25, 0.3) is 0 Å². The first-order valence-electron chi connectivity index (χ1n) is 6.93. The smallest absolute Gasteiger partial charge is 0.129 e. The summed E-state index contributed by atoms with van der Waals surface area (Å²) in [7, 11) is 0. The molecule has 4 heteroatoms. The molecule has 3 N–H and O–H groups in total. The van der Waals surface area contributed by atoms with Gasteiger partial charge in [0.2, 0.25) is 0 Å². The van der Waals surface area contributed by atoms with Gasteiger partial charge in [0, 0.05) is 18.7 Å². The van der Waals surface area contributed by atoms with Crippen molar-refractivity contribution in [2.24, 2.45) is 5.73 Å². The Bertz CT molecular complexity index is 314. The maximum Gasteiger partial charge on any atom is 0.129 e. The average Bonchev–Trinajstić information content (AvgIpc) is 2.87. The quantitative estimate of drug-likeness (QED) is 0.729. The van der Waals surface area contributed by atoms with Gasteiger partial charge in [0.1, 0.15) is 12.4 Å². The van der Waals surface area contributed by atoms with E-state index in [1.807, 2.05) is 12.1 Å². The molecule has 0 radical (unpaired) electrons. The minimum absolute atomic E-state index is 0.395. The molecule has 1 fully saturated rings. The molecule has 2 rings (SSSR count). The van der Waals surface area contributed by atoms with Crippen LogP contribution in [0.1, 0.15) is 37.9 Å². The van der Waals surface area contributed by atoms with Crippen LogP contribution in [-0.2, 0) is 11.3 Å². The van der Waals surface area contributed by atoms with E-state index in [0.29, 0.717) is 18.7 Å². The predicted octanol–water partition coefficient (Wildman–Crippen LogP) is 2.05. The van der Waals surface area contributed by atoms with Crippen LogP contribution >= 0.6 is 0 Å². The first-order chi connectivity index (χ1) is 8.84. The van der Waals surface area contributed by atoms with E-state index in [4.69, 9.17) is 14.9 Å². The first kappa shape index (κ1) is 13.6. The summed E-state index contributed by atoms with van der Waals surface area (Å²) >= 11 is 0. The number of nitrogens with two attached hydrogens (primary N) is 1. The summed E-state index contributed by atoms with van der Waals surface area (Å²) in [6, 6.07) is 4.82. The molecule has 102 valence electrons. The summed E-state index contributed by atoms with van der Waals surface area (Å²) < 4.78 is 10.7. The molecule has 0 bridgehead atoms. The monoisotopic (exact) mass is 252 g/mol. The highest BCUT2D eigenvalue weighted by atomic mass is 16.5. The fourth-order valence-corrected chi connectivity index (χ4v) is 2.46. The van der Waals surface area contributed by atoms with E-state index in [1.54, 1.807) is 6.26 Å². The summed E-state index contributed by atoms with van der Waals surface area (Å²) in [4.78, 5) is 0. The molecule has 1 aliphatic carbocycles. The Morgan fingerprint density at radius 3 is 3.17 bits per heavy atom. The molecule has 1 aliphatic rings. The van der Waals surface area contributed by atoms with Gasteiger partial charge in [-0.25, -0.2) is 0 Å². The van der Waals surface area contributed by atoms with E-state index in [1.165, 1.54) is 19.3 Å². The number of ether oxygens (including phenoxy) is 1. The van der Waals surface area contributed by atoms with Crippen LogP contribution in [0.5, 0.6) is 0 Å². The second kappa shape index (κ2) is 7.56. The van der Waals surface area contributed by atoms with Gasteiger partial charge in [0.15, 0.2) is 0 Å². The van der Waals surface area contributed by atoms with Crippen molar-refractivity contribution in [1.29, 1.82) is 0 Å². The highest BCUT2D eigenvalue weighted by molar-refractivity contribution is 4.95. The van der Waals surface area contributed by atoms with Crippen molar-refractivity contribution in [1.82, 2.24) is 5.32 Å². The van der Waals surface area contributed by atoms with Crippen LogP contribution in [0.2, 0.25) is 0 Å². The molecule has 2 unspecified atom stereocenters. The first-order valence-corrected chi connectivity index (χ1v) is 6.93. The van der Waals surface area contributed by atoms with E-state index in [2.05, 4.69) is 5.32 Å². The van der Waals surface area contributed by atoms with Crippen molar-refractivity contribution >= 4 is 0 Å². The molecule has 0 amide bonds. The van der Waals surface area contributed by atoms with Gasteiger partial charge in [-0.3, -0.25) is 0 Å². The van der Waals surface area contributed by atoms with Crippen molar-refractivity contribution < 1.29 is 9.15 Å². The van der Waals surface area contributed by atoms with Crippen LogP contribution in [0, 0.1) is 0 Å². The SMILES string of the molecule is NC1CCCC(NCCCOCc2ccco2)C1. The summed E-state index contributed by atoms with van der Waals surface area (Å²) in [5, 5.41) is 3.56. The zero-order chi connectivity index (χ0) is 12.6. The Labute approximate surface area is 109 Å². The summed E-state index contributed by atoms with van der Waals surface area (Å²) in [5.74, 6) is 0.890. The lowest BCUT2D eigenvalue weighted by atomic mass is 9.91. The standard InChI is InChI=1S/C14H24N2O2/c15-12-4-1-5-13(10-12)16-7-3-8-17-11-14-6-2-9-18-14/h2,6,9,12-13,16H,1,3-5,7-8,10-11,15H2. The number of hydrogen-bond acceptors (Lipinski definition) is 4. The molecule has 18 heavy (non-hydrogen) atoms. The third-order valence-electron chi connectivity index (χ3n) is 3.44. The van der Waals surface area contributed by atoms with E-state index < -0.39 is 0 Å². The lowest BCUT2D eigenvalue weighted by Crippen LogP contribution is -2.39. The van der Waals surface area contributed by atoms with Crippen molar-refractivity contribution in [3.63, 3.8) is 0 Å². The molecule has 1 aromatic heterocycles. The van der Waals surface area contributed by atoms with E-state index in [9.17, 15) is 0 Å². The van der Waals surface area contributed by atoms with E-state index in [-0.39, 0.29) is 0 Å². The van der Waals surface area contributed by atoms with Gasteiger partial charge < -0.3 is 20.2 Å². The minimum atomic E-state index is 0.395. The van der Waals surface area contributed by atoms with Crippen molar-refractivity contribution in [3.8, 4) is 0 Å². The highest BCUT2D eigenvalue weighted by Crippen LogP contribution is 2.16. The van der Waals surface area contributed by atoms with Crippen LogP contribution in [0.15, 0.2) is 22.8 Å². The fourth-order valence-electron chi connectivity index (χ4n) is 2.46. The van der Waals surface area contributed by atoms with Crippen LogP contribution < -0.4 is 11.1 Å². The van der Waals surface area contributed by atoms with Crippen molar-refractivity contribution in [3.05, 3.63) is 24.2 Å². The lowest BCUT2D eigenvalue weighted by Gasteiger charge is -2.27. The van der Waals surface area contributed by atoms with Gasteiger partial charge in [0.25, 0.3) is 0 Å². The Hall–Kier alpha value is -0.840. The number of nitrogens with one attached hydrogen (secondary N) is 1. The van der Waals surface area contributed by atoms with Gasteiger partial charge in [-0.2, -0.15) is 0 Å². The Kier molecular flexibility index (Phi) is 5.71. The summed E-state index contributed by atoms with van der Waals surface area (Å²) in [6.07, 6.45) is 7.53. The largest absolute Gasteiger partial charge is 0.467 e. The van der Waals surface area contributed by atoms with Crippen molar-refractivity contribution in [2.75, 3.05) is 13.2 Å². The molecular weight excluding hydrogens is 228 g/mol. The normalized spacial score (nSPS) is 24.3. The van der Waals surface area contributed by atoms with E-state index in [0.717, 1.165) is 31.8 Å². The van der Waals surface area contributed by atoms with Gasteiger partial charge in [-0.05, 0) is 44.4 Å². The molecule has 1 heterocycles. The Morgan fingerprint density at radius 1 is 1.44 bits per heavy atom. The Morgan fingerprint density at radius 2 is 2.39 bits per heavy atom. The Balaban J connectivity index is 1.46. The molecule has 4 nitrogen and oxygen atoms in total.